The van der Waals surface area contributed by atoms with E-state index in [2.05, 4.69) is 24.5 Å². The molecule has 0 saturated heterocycles. The lowest BCUT2D eigenvalue weighted by Crippen LogP contribution is -2.46. The summed E-state index contributed by atoms with van der Waals surface area (Å²) in [5, 5.41) is 7.06. The molecule has 2 rings (SSSR count). The molecule has 6 nitrogen and oxygen atoms in total. The first-order valence-electron chi connectivity index (χ1n) is 10.5. The van der Waals surface area contributed by atoms with Crippen molar-refractivity contribution in [2.45, 2.75) is 77.5 Å². The van der Waals surface area contributed by atoms with E-state index >= 15 is 0 Å². The minimum absolute atomic E-state index is 0. The van der Waals surface area contributed by atoms with Gasteiger partial charge in [0.15, 0.2) is 5.96 Å². The number of nitrogens with one attached hydrogen (secondary N) is 2. The number of furan rings is 1. The maximum absolute atomic E-state index is 5.96. The first-order chi connectivity index (χ1) is 13.2. The maximum atomic E-state index is 5.96. The van der Waals surface area contributed by atoms with Gasteiger partial charge in [-0.25, -0.2) is 0 Å². The van der Waals surface area contributed by atoms with Crippen LogP contribution in [-0.4, -0.2) is 50.5 Å². The average Bonchev–Trinajstić information content (AvgIpc) is 3.16. The average molecular weight is 507 g/mol. The van der Waals surface area contributed by atoms with Crippen molar-refractivity contribution in [2.75, 3.05) is 26.3 Å². The summed E-state index contributed by atoms with van der Waals surface area (Å²) < 4.78 is 16.8. The van der Waals surface area contributed by atoms with E-state index in [9.17, 15) is 0 Å². The Morgan fingerprint density at radius 1 is 1.29 bits per heavy atom. The van der Waals surface area contributed by atoms with Gasteiger partial charge >= 0.3 is 0 Å². The van der Waals surface area contributed by atoms with Gasteiger partial charge in [-0.05, 0) is 65.0 Å². The molecule has 7 heteroatoms. The fourth-order valence-electron chi connectivity index (χ4n) is 3.33. The lowest BCUT2D eigenvalue weighted by molar-refractivity contribution is -0.0152. The lowest BCUT2D eigenvalue weighted by atomic mass is 9.93. The third-order valence-corrected chi connectivity index (χ3v) is 4.64. The molecule has 0 amide bonds. The lowest BCUT2D eigenvalue weighted by Gasteiger charge is -2.31. The second-order valence-corrected chi connectivity index (χ2v) is 7.34. The Bertz CT molecular complexity index is 515. The molecule has 1 aliphatic carbocycles. The Morgan fingerprint density at radius 2 is 2.07 bits per heavy atom. The normalized spacial score (nSPS) is 20.1. The highest BCUT2D eigenvalue weighted by Crippen LogP contribution is 2.22. The topological polar surface area (TPSA) is 68.0 Å². The Kier molecular flexibility index (Phi) is 13.6. The van der Waals surface area contributed by atoms with Crippen molar-refractivity contribution < 1.29 is 13.9 Å². The Balaban J connectivity index is 0.00000392. The van der Waals surface area contributed by atoms with E-state index in [4.69, 9.17) is 18.9 Å². The zero-order valence-electron chi connectivity index (χ0n) is 17.6. The van der Waals surface area contributed by atoms with Gasteiger partial charge in [-0.15, -0.1) is 24.0 Å². The van der Waals surface area contributed by atoms with Gasteiger partial charge in [-0.1, -0.05) is 0 Å². The second kappa shape index (κ2) is 15.1. The van der Waals surface area contributed by atoms with E-state index in [0.717, 1.165) is 76.5 Å². The van der Waals surface area contributed by atoms with E-state index in [0.29, 0.717) is 18.2 Å². The second-order valence-electron chi connectivity index (χ2n) is 7.34. The van der Waals surface area contributed by atoms with Crippen LogP contribution in [0.15, 0.2) is 27.8 Å². The molecule has 28 heavy (non-hydrogen) atoms. The summed E-state index contributed by atoms with van der Waals surface area (Å²) in [6, 6.07) is 4.39. The largest absolute Gasteiger partial charge is 0.469 e. The molecule has 0 aliphatic heterocycles. The van der Waals surface area contributed by atoms with Gasteiger partial charge in [0.25, 0.3) is 0 Å². The SMILES string of the molecule is CCOCCCN=C(NCCc1ccco1)NC1CCC(OC(C)C)CC1.I. The van der Waals surface area contributed by atoms with Crippen molar-refractivity contribution in [3.63, 3.8) is 0 Å². The highest BCUT2D eigenvalue weighted by atomic mass is 127. The number of hydrogen-bond acceptors (Lipinski definition) is 4. The minimum atomic E-state index is 0. The molecule has 1 saturated carbocycles. The third kappa shape index (κ3) is 10.7. The van der Waals surface area contributed by atoms with Crippen LogP contribution in [0.4, 0.5) is 0 Å². The van der Waals surface area contributed by atoms with Crippen LogP contribution in [0.1, 0.15) is 58.6 Å². The van der Waals surface area contributed by atoms with Crippen LogP contribution in [0.25, 0.3) is 0 Å². The van der Waals surface area contributed by atoms with Crippen LogP contribution in [0, 0.1) is 0 Å². The Hall–Kier alpha value is -0.800. The van der Waals surface area contributed by atoms with Crippen LogP contribution in [-0.2, 0) is 15.9 Å². The van der Waals surface area contributed by atoms with Crippen molar-refractivity contribution >= 4 is 29.9 Å². The molecular formula is C21H38IN3O3. The third-order valence-electron chi connectivity index (χ3n) is 4.64. The van der Waals surface area contributed by atoms with Crippen LogP contribution < -0.4 is 10.6 Å². The smallest absolute Gasteiger partial charge is 0.191 e. The number of aliphatic imine (C=N–C) groups is 1. The Morgan fingerprint density at radius 3 is 2.71 bits per heavy atom. The summed E-state index contributed by atoms with van der Waals surface area (Å²) >= 11 is 0. The van der Waals surface area contributed by atoms with Crippen molar-refractivity contribution in [3.8, 4) is 0 Å². The molecule has 1 aliphatic rings. The first-order valence-corrected chi connectivity index (χ1v) is 10.5. The van der Waals surface area contributed by atoms with E-state index in [1.54, 1.807) is 6.26 Å². The van der Waals surface area contributed by atoms with Gasteiger partial charge in [0.1, 0.15) is 5.76 Å². The number of halogens is 1. The predicted octanol–water partition coefficient (Wildman–Crippen LogP) is 4.14. The quantitative estimate of drug-likeness (QED) is 0.204. The Labute approximate surface area is 187 Å². The molecule has 0 aromatic carbocycles. The van der Waals surface area contributed by atoms with E-state index < -0.39 is 0 Å². The van der Waals surface area contributed by atoms with Gasteiger partial charge in [0, 0.05) is 38.8 Å². The van der Waals surface area contributed by atoms with Crippen molar-refractivity contribution in [1.29, 1.82) is 0 Å². The molecule has 2 N–H and O–H groups in total. The molecule has 0 atom stereocenters. The first kappa shape index (κ1) is 25.2. The van der Waals surface area contributed by atoms with Gasteiger partial charge in [-0.3, -0.25) is 4.99 Å². The summed E-state index contributed by atoms with van der Waals surface area (Å²) in [6.07, 6.45) is 8.68. The highest BCUT2D eigenvalue weighted by molar-refractivity contribution is 14.0. The van der Waals surface area contributed by atoms with Gasteiger partial charge in [0.2, 0.25) is 0 Å². The molecule has 0 spiro atoms. The maximum Gasteiger partial charge on any atom is 0.191 e. The zero-order chi connectivity index (χ0) is 19.3. The number of rotatable bonds is 11. The molecule has 0 unspecified atom stereocenters. The monoisotopic (exact) mass is 507 g/mol. The van der Waals surface area contributed by atoms with Crippen molar-refractivity contribution in [2.24, 2.45) is 4.99 Å². The number of ether oxygens (including phenoxy) is 2. The number of guanidine groups is 1. The molecule has 162 valence electrons. The fourth-order valence-corrected chi connectivity index (χ4v) is 3.33. The van der Waals surface area contributed by atoms with Crippen LogP contribution in [0.5, 0.6) is 0 Å². The van der Waals surface area contributed by atoms with Crippen molar-refractivity contribution in [3.05, 3.63) is 24.2 Å². The molecule has 1 aromatic heterocycles. The van der Waals surface area contributed by atoms with Gasteiger partial charge < -0.3 is 24.5 Å². The van der Waals surface area contributed by atoms with Crippen LogP contribution in [0.3, 0.4) is 0 Å². The van der Waals surface area contributed by atoms with Crippen LogP contribution in [0.2, 0.25) is 0 Å². The molecule has 1 aromatic rings. The summed E-state index contributed by atoms with van der Waals surface area (Å²) in [5.74, 6) is 1.89. The summed E-state index contributed by atoms with van der Waals surface area (Å²) in [7, 11) is 0. The fraction of sp³-hybridized carbons (Fsp3) is 0.762. The number of hydrogen-bond donors (Lipinski definition) is 2. The minimum Gasteiger partial charge on any atom is -0.469 e. The van der Waals surface area contributed by atoms with Crippen molar-refractivity contribution in [1.82, 2.24) is 10.6 Å². The predicted molar refractivity (Wildman–Crippen MR) is 125 cm³/mol. The van der Waals surface area contributed by atoms with E-state index in [-0.39, 0.29) is 24.0 Å². The zero-order valence-corrected chi connectivity index (χ0v) is 19.9. The molecule has 0 radical (unpaired) electrons. The highest BCUT2D eigenvalue weighted by Gasteiger charge is 2.23. The molecular weight excluding hydrogens is 469 g/mol. The summed E-state index contributed by atoms with van der Waals surface area (Å²) in [4.78, 5) is 4.73. The summed E-state index contributed by atoms with van der Waals surface area (Å²) in [5.41, 5.74) is 0. The van der Waals surface area contributed by atoms with Gasteiger partial charge in [-0.2, -0.15) is 0 Å². The van der Waals surface area contributed by atoms with E-state index in [1.807, 2.05) is 19.1 Å². The van der Waals surface area contributed by atoms with E-state index in [1.165, 1.54) is 0 Å². The number of nitrogens with zero attached hydrogens (tertiary/aromatic N) is 1. The molecule has 1 fully saturated rings. The van der Waals surface area contributed by atoms with Gasteiger partial charge in [0.05, 0.1) is 18.5 Å². The summed E-state index contributed by atoms with van der Waals surface area (Å²) in [6.45, 7) is 9.33. The van der Waals surface area contributed by atoms with Crippen LogP contribution >= 0.6 is 24.0 Å². The molecule has 0 bridgehead atoms. The molecule has 1 heterocycles. The standard InChI is InChI=1S/C21H37N3O3.HI/c1-4-25-15-6-13-22-21(23-14-12-19-7-5-16-26-19)24-18-8-10-20(11-9-18)27-17(2)3;/h5,7,16-18,20H,4,6,8-15H2,1-3H3,(H2,22,23,24);1H.